The Morgan fingerprint density at radius 1 is 1.27 bits per heavy atom. The summed E-state index contributed by atoms with van der Waals surface area (Å²) in [5, 5.41) is 5.60. The molecular weight excluding hydrogens is 330 g/mol. The summed E-state index contributed by atoms with van der Waals surface area (Å²) < 4.78 is 0. The smallest absolute Gasteiger partial charge is 0.253 e. The fourth-order valence-corrected chi connectivity index (χ4v) is 2.86. The van der Waals surface area contributed by atoms with Crippen LogP contribution in [0.4, 0.5) is 5.69 Å². The predicted octanol–water partition coefficient (Wildman–Crippen LogP) is 2.44. The summed E-state index contributed by atoms with van der Waals surface area (Å²) in [5.74, 6) is -0.471. The first kappa shape index (κ1) is 19.7. The molecule has 2 rings (SSSR count). The SMILES string of the molecule is C=CCNC(=O)C1CCCN(C(=O)c2ccc(NC(=O)C(C)C)cc2)C1. The van der Waals surface area contributed by atoms with E-state index in [4.69, 9.17) is 0 Å². The molecule has 6 nitrogen and oxygen atoms in total. The minimum absolute atomic E-state index is 0.0332. The number of carbonyl (C=O) groups excluding carboxylic acids is 3. The van der Waals surface area contributed by atoms with Crippen LogP contribution in [0.25, 0.3) is 0 Å². The molecule has 1 aliphatic heterocycles. The maximum atomic E-state index is 12.7. The first-order valence-corrected chi connectivity index (χ1v) is 9.01. The average Bonchev–Trinajstić information content (AvgIpc) is 2.66. The summed E-state index contributed by atoms with van der Waals surface area (Å²) in [6.45, 7) is 8.75. The van der Waals surface area contributed by atoms with E-state index < -0.39 is 0 Å². The van der Waals surface area contributed by atoms with Crippen LogP contribution in [0.3, 0.4) is 0 Å². The normalized spacial score (nSPS) is 16.9. The first-order chi connectivity index (χ1) is 12.4. The van der Waals surface area contributed by atoms with Crippen LogP contribution < -0.4 is 10.6 Å². The van der Waals surface area contributed by atoms with Gasteiger partial charge in [0.2, 0.25) is 11.8 Å². The highest BCUT2D eigenvalue weighted by Crippen LogP contribution is 2.20. The van der Waals surface area contributed by atoms with E-state index in [0.29, 0.717) is 30.9 Å². The van der Waals surface area contributed by atoms with Crippen molar-refractivity contribution in [2.45, 2.75) is 26.7 Å². The summed E-state index contributed by atoms with van der Waals surface area (Å²) >= 11 is 0. The number of piperidine rings is 1. The Hall–Kier alpha value is -2.63. The van der Waals surface area contributed by atoms with Crippen LogP contribution in [-0.2, 0) is 9.59 Å². The molecule has 1 aliphatic rings. The third kappa shape index (κ3) is 5.18. The highest BCUT2D eigenvalue weighted by Gasteiger charge is 2.28. The monoisotopic (exact) mass is 357 g/mol. The van der Waals surface area contributed by atoms with E-state index >= 15 is 0 Å². The van der Waals surface area contributed by atoms with Crippen molar-refractivity contribution in [2.24, 2.45) is 11.8 Å². The molecule has 6 heteroatoms. The van der Waals surface area contributed by atoms with Gasteiger partial charge in [-0.25, -0.2) is 0 Å². The fraction of sp³-hybridized carbons (Fsp3) is 0.450. The van der Waals surface area contributed by atoms with Crippen molar-refractivity contribution in [2.75, 3.05) is 25.0 Å². The number of benzene rings is 1. The summed E-state index contributed by atoms with van der Waals surface area (Å²) in [4.78, 5) is 38.3. The summed E-state index contributed by atoms with van der Waals surface area (Å²) in [5.41, 5.74) is 1.22. The topological polar surface area (TPSA) is 78.5 Å². The zero-order valence-electron chi connectivity index (χ0n) is 15.5. The van der Waals surface area contributed by atoms with E-state index in [2.05, 4.69) is 17.2 Å². The lowest BCUT2D eigenvalue weighted by molar-refractivity contribution is -0.126. The fourth-order valence-electron chi connectivity index (χ4n) is 2.86. The van der Waals surface area contributed by atoms with Crippen molar-refractivity contribution in [3.63, 3.8) is 0 Å². The van der Waals surface area contributed by atoms with Crippen molar-refractivity contribution in [3.05, 3.63) is 42.5 Å². The Labute approximate surface area is 154 Å². The van der Waals surface area contributed by atoms with Gasteiger partial charge in [-0.3, -0.25) is 14.4 Å². The van der Waals surface area contributed by atoms with Gasteiger partial charge in [0.1, 0.15) is 0 Å². The van der Waals surface area contributed by atoms with Crippen molar-refractivity contribution in [1.29, 1.82) is 0 Å². The number of hydrogen-bond donors (Lipinski definition) is 2. The quantitative estimate of drug-likeness (QED) is 0.768. The van der Waals surface area contributed by atoms with Gasteiger partial charge >= 0.3 is 0 Å². The number of hydrogen-bond acceptors (Lipinski definition) is 3. The number of rotatable bonds is 6. The van der Waals surface area contributed by atoms with Gasteiger partial charge in [0.05, 0.1) is 5.92 Å². The molecule has 1 saturated heterocycles. The third-order valence-corrected chi connectivity index (χ3v) is 4.42. The van der Waals surface area contributed by atoms with E-state index in [1.54, 1.807) is 35.2 Å². The van der Waals surface area contributed by atoms with Crippen molar-refractivity contribution < 1.29 is 14.4 Å². The van der Waals surface area contributed by atoms with Crippen molar-refractivity contribution >= 4 is 23.4 Å². The number of anilines is 1. The summed E-state index contributed by atoms with van der Waals surface area (Å²) in [6, 6.07) is 6.87. The number of amides is 3. The van der Waals surface area contributed by atoms with Gasteiger partial charge in [-0.2, -0.15) is 0 Å². The summed E-state index contributed by atoms with van der Waals surface area (Å²) in [6.07, 6.45) is 3.23. The lowest BCUT2D eigenvalue weighted by Gasteiger charge is -2.32. The Kier molecular flexibility index (Phi) is 6.95. The van der Waals surface area contributed by atoms with Gasteiger partial charge in [0.15, 0.2) is 0 Å². The van der Waals surface area contributed by atoms with Crippen LogP contribution in [0.15, 0.2) is 36.9 Å². The van der Waals surface area contributed by atoms with Gasteiger partial charge in [0.25, 0.3) is 5.91 Å². The van der Waals surface area contributed by atoms with E-state index in [-0.39, 0.29) is 29.6 Å². The van der Waals surface area contributed by atoms with Crippen molar-refractivity contribution in [1.82, 2.24) is 10.2 Å². The molecule has 140 valence electrons. The molecule has 0 radical (unpaired) electrons. The maximum Gasteiger partial charge on any atom is 0.253 e. The van der Waals surface area contributed by atoms with Crippen LogP contribution >= 0.6 is 0 Å². The molecular formula is C20H27N3O3. The molecule has 1 aromatic rings. The second-order valence-corrected chi connectivity index (χ2v) is 6.85. The molecule has 0 saturated carbocycles. The Morgan fingerprint density at radius 2 is 1.96 bits per heavy atom. The largest absolute Gasteiger partial charge is 0.352 e. The molecule has 1 atom stereocenters. The van der Waals surface area contributed by atoms with Gasteiger partial charge in [-0.15, -0.1) is 6.58 Å². The van der Waals surface area contributed by atoms with Gasteiger partial charge in [0, 0.05) is 36.8 Å². The number of likely N-dealkylation sites (tertiary alicyclic amines) is 1. The van der Waals surface area contributed by atoms with Crippen LogP contribution in [-0.4, -0.2) is 42.3 Å². The second kappa shape index (κ2) is 9.17. The van der Waals surface area contributed by atoms with Gasteiger partial charge in [-0.05, 0) is 37.1 Å². The Bertz CT molecular complexity index is 667. The molecule has 26 heavy (non-hydrogen) atoms. The lowest BCUT2D eigenvalue weighted by Crippen LogP contribution is -2.45. The molecule has 0 aliphatic carbocycles. The number of nitrogens with zero attached hydrogens (tertiary/aromatic N) is 1. The molecule has 3 amide bonds. The third-order valence-electron chi connectivity index (χ3n) is 4.42. The highest BCUT2D eigenvalue weighted by molar-refractivity contribution is 5.96. The average molecular weight is 357 g/mol. The van der Waals surface area contributed by atoms with Gasteiger partial charge in [-0.1, -0.05) is 19.9 Å². The minimum atomic E-state index is -0.183. The Morgan fingerprint density at radius 3 is 2.58 bits per heavy atom. The maximum absolute atomic E-state index is 12.7. The van der Waals surface area contributed by atoms with Crippen LogP contribution in [0.5, 0.6) is 0 Å². The molecule has 1 heterocycles. The zero-order valence-corrected chi connectivity index (χ0v) is 15.5. The highest BCUT2D eigenvalue weighted by atomic mass is 16.2. The van der Waals surface area contributed by atoms with E-state index in [9.17, 15) is 14.4 Å². The number of nitrogens with one attached hydrogen (secondary N) is 2. The second-order valence-electron chi connectivity index (χ2n) is 6.85. The minimum Gasteiger partial charge on any atom is -0.352 e. The van der Waals surface area contributed by atoms with Crippen molar-refractivity contribution in [3.8, 4) is 0 Å². The van der Waals surface area contributed by atoms with E-state index in [1.807, 2.05) is 13.8 Å². The molecule has 1 unspecified atom stereocenters. The van der Waals surface area contributed by atoms with Gasteiger partial charge < -0.3 is 15.5 Å². The molecule has 2 N–H and O–H groups in total. The van der Waals surface area contributed by atoms with E-state index in [0.717, 1.165) is 12.8 Å². The molecule has 0 bridgehead atoms. The summed E-state index contributed by atoms with van der Waals surface area (Å²) in [7, 11) is 0. The number of carbonyl (C=O) groups is 3. The van der Waals surface area contributed by atoms with Crippen LogP contribution in [0.2, 0.25) is 0 Å². The zero-order chi connectivity index (χ0) is 19.1. The molecule has 1 fully saturated rings. The molecule has 1 aromatic carbocycles. The van der Waals surface area contributed by atoms with Crippen LogP contribution in [0.1, 0.15) is 37.0 Å². The molecule has 0 spiro atoms. The Balaban J connectivity index is 1.98. The lowest BCUT2D eigenvalue weighted by atomic mass is 9.96. The predicted molar refractivity (Wildman–Crippen MR) is 102 cm³/mol. The van der Waals surface area contributed by atoms with Crippen LogP contribution in [0, 0.1) is 11.8 Å². The molecule has 0 aromatic heterocycles. The van der Waals surface area contributed by atoms with E-state index in [1.165, 1.54) is 0 Å². The standard InChI is InChI=1S/C20H27N3O3/c1-4-11-21-19(25)16-6-5-12-23(13-16)20(26)15-7-9-17(10-8-15)22-18(24)14(2)3/h4,7-10,14,16H,1,5-6,11-13H2,2-3H3,(H,21,25)(H,22,24). The first-order valence-electron chi connectivity index (χ1n) is 9.01.